The summed E-state index contributed by atoms with van der Waals surface area (Å²) in [5.41, 5.74) is 7.41. The van der Waals surface area contributed by atoms with E-state index in [9.17, 15) is 4.79 Å². The van der Waals surface area contributed by atoms with Crippen LogP contribution >= 0.6 is 11.6 Å². The van der Waals surface area contributed by atoms with Crippen LogP contribution in [0.1, 0.15) is 19.3 Å². The van der Waals surface area contributed by atoms with Gasteiger partial charge in [-0.15, -0.1) is 0 Å². The van der Waals surface area contributed by atoms with Crippen molar-refractivity contribution in [2.75, 3.05) is 30.4 Å². The minimum absolute atomic E-state index is 0.0769. The van der Waals surface area contributed by atoms with Crippen molar-refractivity contribution in [2.45, 2.75) is 19.3 Å². The number of rotatable bonds is 6. The molecule has 4 N–H and O–H groups in total. The third-order valence-corrected chi connectivity index (χ3v) is 4.24. The maximum atomic E-state index is 11.9. The lowest BCUT2D eigenvalue weighted by Crippen LogP contribution is -2.23. The van der Waals surface area contributed by atoms with Crippen LogP contribution in [-0.2, 0) is 4.79 Å². The molecule has 0 atom stereocenters. The molecular weight excluding hydrogens is 380 g/mol. The highest BCUT2D eigenvalue weighted by molar-refractivity contribution is 6.30. The molecule has 1 aliphatic heterocycles. The van der Waals surface area contributed by atoms with Crippen molar-refractivity contribution >= 4 is 34.8 Å². The molecule has 0 aromatic heterocycles. The number of nitrogens with zero attached hydrogens (tertiary/aromatic N) is 1. The Hall–Kier alpha value is -2.93. The zero-order valence-electron chi connectivity index (χ0n) is 15.4. The van der Waals surface area contributed by atoms with E-state index in [-0.39, 0.29) is 11.9 Å². The van der Waals surface area contributed by atoms with E-state index in [1.165, 1.54) is 0 Å². The number of hydrogen-bond donors (Lipinski definition) is 3. The van der Waals surface area contributed by atoms with Crippen LogP contribution in [0.3, 0.4) is 0 Å². The SMILES string of the molecule is NC(=NCCCC(=O)Nc1ccc(Cl)cc1)Nc1ccc2c(c1)OCCCO2. The Balaban J connectivity index is 1.42. The van der Waals surface area contributed by atoms with E-state index in [1.54, 1.807) is 24.3 Å². The monoisotopic (exact) mass is 402 g/mol. The number of halogens is 1. The van der Waals surface area contributed by atoms with Gasteiger partial charge < -0.3 is 25.8 Å². The molecule has 0 fully saturated rings. The molecule has 0 saturated heterocycles. The van der Waals surface area contributed by atoms with Crippen molar-refractivity contribution in [3.05, 3.63) is 47.5 Å². The summed E-state index contributed by atoms with van der Waals surface area (Å²) in [4.78, 5) is 16.2. The Kier molecular flexibility index (Phi) is 6.97. The number of carbonyl (C=O) groups is 1. The summed E-state index contributed by atoms with van der Waals surface area (Å²) in [6, 6.07) is 12.5. The van der Waals surface area contributed by atoms with Crippen molar-refractivity contribution in [3.63, 3.8) is 0 Å². The second kappa shape index (κ2) is 9.85. The highest BCUT2D eigenvalue weighted by atomic mass is 35.5. The molecule has 1 amide bonds. The average Bonchev–Trinajstić information content (AvgIpc) is 2.92. The Labute approximate surface area is 168 Å². The van der Waals surface area contributed by atoms with Crippen molar-refractivity contribution in [3.8, 4) is 11.5 Å². The molecule has 0 unspecified atom stereocenters. The number of hydrogen-bond acceptors (Lipinski definition) is 4. The van der Waals surface area contributed by atoms with Crippen LogP contribution in [0.25, 0.3) is 0 Å². The molecule has 8 heteroatoms. The highest BCUT2D eigenvalue weighted by Crippen LogP contribution is 2.32. The number of aliphatic imine (C=N–C) groups is 1. The van der Waals surface area contributed by atoms with Gasteiger partial charge in [0.2, 0.25) is 5.91 Å². The summed E-state index contributed by atoms with van der Waals surface area (Å²) in [5.74, 6) is 1.62. The van der Waals surface area contributed by atoms with Crippen LogP contribution in [0, 0.1) is 0 Å². The van der Waals surface area contributed by atoms with Gasteiger partial charge in [0.05, 0.1) is 13.2 Å². The van der Waals surface area contributed by atoms with Crippen molar-refractivity contribution in [1.29, 1.82) is 0 Å². The number of guanidine groups is 1. The molecule has 2 aromatic rings. The molecule has 1 aliphatic rings. The minimum Gasteiger partial charge on any atom is -0.490 e. The molecule has 0 aliphatic carbocycles. The van der Waals surface area contributed by atoms with E-state index >= 15 is 0 Å². The Morgan fingerprint density at radius 2 is 1.75 bits per heavy atom. The van der Waals surface area contributed by atoms with E-state index < -0.39 is 0 Å². The van der Waals surface area contributed by atoms with Gasteiger partial charge in [0, 0.05) is 41.9 Å². The van der Waals surface area contributed by atoms with Gasteiger partial charge in [0.25, 0.3) is 0 Å². The maximum absolute atomic E-state index is 11.9. The van der Waals surface area contributed by atoms with Crippen molar-refractivity contribution in [1.82, 2.24) is 0 Å². The first-order valence-corrected chi connectivity index (χ1v) is 9.50. The molecule has 1 heterocycles. The number of fused-ring (bicyclic) bond motifs is 1. The van der Waals surface area contributed by atoms with Gasteiger partial charge in [0.15, 0.2) is 17.5 Å². The Morgan fingerprint density at radius 3 is 2.54 bits per heavy atom. The van der Waals surface area contributed by atoms with Gasteiger partial charge in [-0.3, -0.25) is 9.79 Å². The Morgan fingerprint density at radius 1 is 1.04 bits per heavy atom. The predicted octanol–water partition coefficient (Wildman–Crippen LogP) is 3.65. The highest BCUT2D eigenvalue weighted by Gasteiger charge is 2.11. The molecule has 0 radical (unpaired) electrons. The van der Waals surface area contributed by atoms with Crippen LogP contribution in [-0.4, -0.2) is 31.6 Å². The molecule has 0 spiro atoms. The van der Waals surface area contributed by atoms with E-state index in [0.717, 1.165) is 17.9 Å². The summed E-state index contributed by atoms with van der Waals surface area (Å²) in [5, 5.41) is 6.47. The predicted molar refractivity (Wildman–Crippen MR) is 111 cm³/mol. The second-order valence-electron chi connectivity index (χ2n) is 6.26. The molecule has 7 nitrogen and oxygen atoms in total. The van der Waals surface area contributed by atoms with E-state index in [2.05, 4.69) is 15.6 Å². The zero-order chi connectivity index (χ0) is 19.8. The number of amides is 1. The molecule has 3 rings (SSSR count). The van der Waals surface area contributed by atoms with Gasteiger partial charge in [-0.1, -0.05) is 11.6 Å². The fourth-order valence-electron chi connectivity index (χ4n) is 2.62. The Bertz CT molecular complexity index is 840. The molecule has 0 bridgehead atoms. The second-order valence-corrected chi connectivity index (χ2v) is 6.70. The molecule has 148 valence electrons. The van der Waals surface area contributed by atoms with Gasteiger partial charge >= 0.3 is 0 Å². The van der Waals surface area contributed by atoms with E-state index in [4.69, 9.17) is 26.8 Å². The normalized spacial score (nSPS) is 13.5. The number of nitrogens with two attached hydrogens (primary N) is 1. The third-order valence-electron chi connectivity index (χ3n) is 3.99. The number of benzene rings is 2. The first kappa shape index (κ1) is 19.8. The summed E-state index contributed by atoms with van der Waals surface area (Å²) in [6.07, 6.45) is 1.79. The smallest absolute Gasteiger partial charge is 0.224 e. The summed E-state index contributed by atoms with van der Waals surface area (Å²) >= 11 is 5.82. The molecular formula is C20H23ClN4O3. The third kappa shape index (κ3) is 6.06. The van der Waals surface area contributed by atoms with Crippen molar-refractivity contribution < 1.29 is 14.3 Å². The van der Waals surface area contributed by atoms with Crippen LogP contribution in [0.2, 0.25) is 5.02 Å². The molecule has 0 saturated carbocycles. The number of anilines is 2. The maximum Gasteiger partial charge on any atom is 0.224 e. The summed E-state index contributed by atoms with van der Waals surface area (Å²) in [6.45, 7) is 1.71. The molecule has 2 aromatic carbocycles. The number of nitrogens with one attached hydrogen (secondary N) is 2. The fourth-order valence-corrected chi connectivity index (χ4v) is 2.75. The van der Waals surface area contributed by atoms with Crippen LogP contribution in [0.15, 0.2) is 47.5 Å². The molecule has 28 heavy (non-hydrogen) atoms. The van der Waals surface area contributed by atoms with Crippen LogP contribution in [0.5, 0.6) is 11.5 Å². The van der Waals surface area contributed by atoms with Gasteiger partial charge in [-0.2, -0.15) is 0 Å². The van der Waals surface area contributed by atoms with E-state index in [0.29, 0.717) is 49.1 Å². The number of carbonyl (C=O) groups excluding carboxylic acids is 1. The zero-order valence-corrected chi connectivity index (χ0v) is 16.2. The average molecular weight is 403 g/mol. The lowest BCUT2D eigenvalue weighted by atomic mass is 10.2. The number of ether oxygens (including phenoxy) is 2. The largest absolute Gasteiger partial charge is 0.490 e. The van der Waals surface area contributed by atoms with Gasteiger partial charge in [-0.25, -0.2) is 0 Å². The minimum atomic E-state index is -0.0769. The fraction of sp³-hybridized carbons (Fsp3) is 0.300. The standard InChI is InChI=1S/C20H23ClN4O3/c21-14-4-6-15(7-5-14)24-19(26)3-1-10-23-20(22)25-16-8-9-17-18(13-16)28-12-2-11-27-17/h4-9,13H,1-3,10-12H2,(H,24,26)(H3,22,23,25). The van der Waals surface area contributed by atoms with Crippen LogP contribution in [0.4, 0.5) is 11.4 Å². The summed E-state index contributed by atoms with van der Waals surface area (Å²) < 4.78 is 11.3. The lowest BCUT2D eigenvalue weighted by Gasteiger charge is -2.10. The first-order valence-electron chi connectivity index (χ1n) is 9.12. The van der Waals surface area contributed by atoms with E-state index in [1.807, 2.05) is 18.2 Å². The quantitative estimate of drug-likeness (QED) is 0.389. The van der Waals surface area contributed by atoms with Crippen LogP contribution < -0.4 is 25.8 Å². The van der Waals surface area contributed by atoms with Gasteiger partial charge in [0.1, 0.15) is 0 Å². The topological polar surface area (TPSA) is 98.0 Å². The summed E-state index contributed by atoms with van der Waals surface area (Å²) in [7, 11) is 0. The van der Waals surface area contributed by atoms with Crippen molar-refractivity contribution in [2.24, 2.45) is 10.7 Å². The van der Waals surface area contributed by atoms with Gasteiger partial charge in [-0.05, 0) is 42.8 Å². The first-order chi connectivity index (χ1) is 13.6. The lowest BCUT2D eigenvalue weighted by molar-refractivity contribution is -0.116.